The van der Waals surface area contributed by atoms with Gasteiger partial charge in [0.05, 0.1) is 6.10 Å². The fourth-order valence-electron chi connectivity index (χ4n) is 2.69. The molecule has 0 bridgehead atoms. The molecule has 0 unspecified atom stereocenters. The lowest BCUT2D eigenvalue weighted by Crippen LogP contribution is -2.20. The molecule has 0 atom stereocenters. The zero-order chi connectivity index (χ0) is 16.8. The monoisotopic (exact) mass is 329 g/mol. The van der Waals surface area contributed by atoms with E-state index in [1.807, 2.05) is 12.1 Å². The smallest absolute Gasteiger partial charge is 0.262 e. The van der Waals surface area contributed by atoms with Gasteiger partial charge in [0.2, 0.25) is 0 Å². The Kier molecular flexibility index (Phi) is 5.31. The van der Waals surface area contributed by atoms with Crippen LogP contribution in [0, 0.1) is 5.82 Å². The SMILES string of the molecule is O=C(COc1ccc(F)cc1)Nc1ccc(OC2CCCC2)cc1. The molecule has 1 aliphatic rings. The van der Waals surface area contributed by atoms with E-state index in [1.54, 1.807) is 12.1 Å². The van der Waals surface area contributed by atoms with Gasteiger partial charge in [0.25, 0.3) is 5.91 Å². The number of carbonyl (C=O) groups is 1. The van der Waals surface area contributed by atoms with Gasteiger partial charge < -0.3 is 14.8 Å². The maximum Gasteiger partial charge on any atom is 0.262 e. The van der Waals surface area contributed by atoms with Gasteiger partial charge >= 0.3 is 0 Å². The van der Waals surface area contributed by atoms with E-state index in [9.17, 15) is 9.18 Å². The predicted octanol–water partition coefficient (Wildman–Crippen LogP) is 4.16. The van der Waals surface area contributed by atoms with Gasteiger partial charge in [-0.3, -0.25) is 4.79 Å². The van der Waals surface area contributed by atoms with Crippen molar-refractivity contribution < 1.29 is 18.7 Å². The lowest BCUT2D eigenvalue weighted by Gasteiger charge is -2.13. The lowest BCUT2D eigenvalue weighted by atomic mass is 10.2. The van der Waals surface area contributed by atoms with Crippen LogP contribution >= 0.6 is 0 Å². The first-order valence-corrected chi connectivity index (χ1v) is 8.14. The van der Waals surface area contributed by atoms with E-state index in [0.29, 0.717) is 17.5 Å². The van der Waals surface area contributed by atoms with Crippen molar-refractivity contribution in [2.45, 2.75) is 31.8 Å². The summed E-state index contributed by atoms with van der Waals surface area (Å²) in [6.45, 7) is -0.133. The maximum atomic E-state index is 12.8. The van der Waals surface area contributed by atoms with Crippen molar-refractivity contribution in [3.8, 4) is 11.5 Å². The molecule has 5 heteroatoms. The van der Waals surface area contributed by atoms with Gasteiger partial charge in [-0.05, 0) is 74.2 Å². The molecule has 1 amide bonds. The van der Waals surface area contributed by atoms with Crippen molar-refractivity contribution in [1.82, 2.24) is 0 Å². The molecule has 126 valence electrons. The normalized spacial score (nSPS) is 14.4. The Bertz CT molecular complexity index is 664. The molecule has 0 radical (unpaired) electrons. The summed E-state index contributed by atoms with van der Waals surface area (Å²) in [5.74, 6) is 0.657. The van der Waals surface area contributed by atoms with E-state index in [-0.39, 0.29) is 18.3 Å². The minimum absolute atomic E-state index is 0.133. The van der Waals surface area contributed by atoms with Crippen LogP contribution in [0.1, 0.15) is 25.7 Å². The van der Waals surface area contributed by atoms with Crippen LogP contribution in [0.2, 0.25) is 0 Å². The van der Waals surface area contributed by atoms with E-state index in [4.69, 9.17) is 9.47 Å². The molecule has 2 aromatic rings. The second kappa shape index (κ2) is 7.81. The van der Waals surface area contributed by atoms with Crippen molar-refractivity contribution in [3.63, 3.8) is 0 Å². The predicted molar refractivity (Wildman–Crippen MR) is 89.9 cm³/mol. The highest BCUT2D eigenvalue weighted by molar-refractivity contribution is 5.91. The van der Waals surface area contributed by atoms with Crippen LogP contribution in [-0.2, 0) is 4.79 Å². The second-order valence-electron chi connectivity index (χ2n) is 5.84. The van der Waals surface area contributed by atoms with E-state index in [0.717, 1.165) is 18.6 Å². The van der Waals surface area contributed by atoms with Crippen molar-refractivity contribution in [2.75, 3.05) is 11.9 Å². The van der Waals surface area contributed by atoms with Crippen molar-refractivity contribution in [3.05, 3.63) is 54.3 Å². The van der Waals surface area contributed by atoms with Crippen LogP contribution in [-0.4, -0.2) is 18.6 Å². The van der Waals surface area contributed by atoms with Crippen LogP contribution in [0.25, 0.3) is 0 Å². The summed E-state index contributed by atoms with van der Waals surface area (Å²) in [6.07, 6.45) is 4.99. The van der Waals surface area contributed by atoms with E-state index in [1.165, 1.54) is 37.1 Å². The number of rotatable bonds is 6. The number of hydrogen-bond acceptors (Lipinski definition) is 3. The first-order chi connectivity index (χ1) is 11.7. The number of benzene rings is 2. The Morgan fingerprint density at radius 2 is 1.62 bits per heavy atom. The van der Waals surface area contributed by atoms with Crippen molar-refractivity contribution in [1.29, 1.82) is 0 Å². The molecule has 1 saturated carbocycles. The van der Waals surface area contributed by atoms with E-state index >= 15 is 0 Å². The molecule has 0 spiro atoms. The molecule has 1 aliphatic carbocycles. The largest absolute Gasteiger partial charge is 0.490 e. The van der Waals surface area contributed by atoms with Gasteiger partial charge in [0.15, 0.2) is 6.61 Å². The fourth-order valence-corrected chi connectivity index (χ4v) is 2.69. The van der Waals surface area contributed by atoms with Gasteiger partial charge in [0, 0.05) is 5.69 Å². The molecule has 0 heterocycles. The summed E-state index contributed by atoms with van der Waals surface area (Å²) in [5.41, 5.74) is 0.682. The fraction of sp³-hybridized carbons (Fsp3) is 0.316. The molecule has 1 fully saturated rings. The quantitative estimate of drug-likeness (QED) is 0.865. The van der Waals surface area contributed by atoms with Gasteiger partial charge in [0.1, 0.15) is 17.3 Å². The Morgan fingerprint density at radius 1 is 1.00 bits per heavy atom. The van der Waals surface area contributed by atoms with Gasteiger partial charge in [-0.2, -0.15) is 0 Å². The molecule has 2 aromatic carbocycles. The van der Waals surface area contributed by atoms with Gasteiger partial charge in [-0.25, -0.2) is 4.39 Å². The standard InChI is InChI=1S/C19H20FNO3/c20-14-5-9-16(10-6-14)23-13-19(22)21-15-7-11-18(12-8-15)24-17-3-1-2-4-17/h5-12,17H,1-4,13H2,(H,21,22). The summed E-state index contributed by atoms with van der Waals surface area (Å²) in [7, 11) is 0. The minimum Gasteiger partial charge on any atom is -0.490 e. The average Bonchev–Trinajstić information content (AvgIpc) is 3.09. The second-order valence-corrected chi connectivity index (χ2v) is 5.84. The zero-order valence-electron chi connectivity index (χ0n) is 13.3. The number of anilines is 1. The molecule has 1 N–H and O–H groups in total. The molecule has 0 aliphatic heterocycles. The lowest BCUT2D eigenvalue weighted by molar-refractivity contribution is -0.118. The third-order valence-corrected chi connectivity index (χ3v) is 3.93. The van der Waals surface area contributed by atoms with Crippen molar-refractivity contribution >= 4 is 11.6 Å². The summed E-state index contributed by atoms with van der Waals surface area (Å²) < 4.78 is 24.0. The van der Waals surface area contributed by atoms with Crippen LogP contribution in [0.3, 0.4) is 0 Å². The Hall–Kier alpha value is -2.56. The third kappa shape index (κ3) is 4.72. The Morgan fingerprint density at radius 3 is 2.29 bits per heavy atom. The molecule has 3 rings (SSSR count). The highest BCUT2D eigenvalue weighted by atomic mass is 19.1. The molecule has 4 nitrogen and oxygen atoms in total. The van der Waals surface area contributed by atoms with Crippen LogP contribution < -0.4 is 14.8 Å². The number of hydrogen-bond donors (Lipinski definition) is 1. The molecular weight excluding hydrogens is 309 g/mol. The minimum atomic E-state index is -0.341. The van der Waals surface area contributed by atoms with Crippen LogP contribution in [0.5, 0.6) is 11.5 Å². The number of nitrogens with one attached hydrogen (secondary N) is 1. The van der Waals surface area contributed by atoms with E-state index < -0.39 is 0 Å². The summed E-state index contributed by atoms with van der Waals surface area (Å²) >= 11 is 0. The number of ether oxygens (including phenoxy) is 2. The molecule has 24 heavy (non-hydrogen) atoms. The number of amides is 1. The zero-order valence-corrected chi connectivity index (χ0v) is 13.3. The van der Waals surface area contributed by atoms with Crippen molar-refractivity contribution in [2.24, 2.45) is 0 Å². The van der Waals surface area contributed by atoms with E-state index in [2.05, 4.69) is 5.32 Å². The van der Waals surface area contributed by atoms with Gasteiger partial charge in [-0.15, -0.1) is 0 Å². The summed E-state index contributed by atoms with van der Waals surface area (Å²) in [6, 6.07) is 12.9. The summed E-state index contributed by atoms with van der Waals surface area (Å²) in [4.78, 5) is 11.9. The average molecular weight is 329 g/mol. The highest BCUT2D eigenvalue weighted by Crippen LogP contribution is 2.25. The first kappa shape index (κ1) is 16.3. The van der Waals surface area contributed by atoms with Crippen LogP contribution in [0.15, 0.2) is 48.5 Å². The topological polar surface area (TPSA) is 47.6 Å². The van der Waals surface area contributed by atoms with Gasteiger partial charge in [-0.1, -0.05) is 0 Å². The maximum absolute atomic E-state index is 12.8. The Labute approximate surface area is 140 Å². The van der Waals surface area contributed by atoms with Crippen LogP contribution in [0.4, 0.5) is 10.1 Å². The number of carbonyl (C=O) groups excluding carboxylic acids is 1. The highest BCUT2D eigenvalue weighted by Gasteiger charge is 2.16. The number of halogens is 1. The Balaban J connectivity index is 1.46. The molecule has 0 saturated heterocycles. The summed E-state index contributed by atoms with van der Waals surface area (Å²) in [5, 5.41) is 2.75. The molecular formula is C19H20FNO3. The third-order valence-electron chi connectivity index (χ3n) is 3.93. The first-order valence-electron chi connectivity index (χ1n) is 8.14. The molecule has 0 aromatic heterocycles.